The van der Waals surface area contributed by atoms with Gasteiger partial charge in [0.25, 0.3) is 0 Å². The van der Waals surface area contributed by atoms with Crippen molar-refractivity contribution in [3.63, 3.8) is 0 Å². The molecule has 1 fully saturated rings. The van der Waals surface area contributed by atoms with Crippen molar-refractivity contribution in [2.24, 2.45) is 5.73 Å². The lowest BCUT2D eigenvalue weighted by atomic mass is 9.66. The molecule has 0 unspecified atom stereocenters. The molecule has 3 heterocycles. The lowest BCUT2D eigenvalue weighted by molar-refractivity contribution is -0.119. The molecule has 4 rings (SSSR count). The topological polar surface area (TPSA) is 107 Å². The number of aryl methyl sites for hydroxylation is 1. The quantitative estimate of drug-likeness (QED) is 0.524. The van der Waals surface area contributed by atoms with Gasteiger partial charge in [0.1, 0.15) is 28.1 Å². The fourth-order valence-electron chi connectivity index (χ4n) is 3.69. The van der Waals surface area contributed by atoms with Crippen LogP contribution >= 0.6 is 11.3 Å². The first-order valence-corrected chi connectivity index (χ1v) is 11.2. The van der Waals surface area contributed by atoms with E-state index in [2.05, 4.69) is 25.5 Å². The van der Waals surface area contributed by atoms with Crippen LogP contribution < -0.4 is 11.1 Å². The van der Waals surface area contributed by atoms with Gasteiger partial charge in [0, 0.05) is 35.7 Å². The molecule has 0 spiro atoms. The van der Waals surface area contributed by atoms with Crippen molar-refractivity contribution >= 4 is 22.9 Å². The van der Waals surface area contributed by atoms with Crippen LogP contribution in [0.3, 0.4) is 0 Å². The summed E-state index contributed by atoms with van der Waals surface area (Å²) in [6, 6.07) is 6.35. The van der Waals surface area contributed by atoms with E-state index in [9.17, 15) is 9.18 Å². The van der Waals surface area contributed by atoms with Crippen molar-refractivity contribution in [2.75, 3.05) is 11.9 Å². The summed E-state index contributed by atoms with van der Waals surface area (Å²) in [5.41, 5.74) is 6.51. The van der Waals surface area contributed by atoms with Crippen molar-refractivity contribution in [3.05, 3.63) is 53.0 Å². The Bertz CT molecular complexity index is 1050. The molecule has 1 saturated carbocycles. The van der Waals surface area contributed by atoms with Crippen LogP contribution in [0, 0.1) is 5.82 Å². The molecule has 3 aromatic heterocycles. The number of rotatable bonds is 9. The third-order valence-corrected chi connectivity index (χ3v) is 6.82. The molecule has 3 N–H and O–H groups in total. The Labute approximate surface area is 184 Å². The van der Waals surface area contributed by atoms with Crippen molar-refractivity contribution in [1.82, 2.24) is 20.2 Å². The number of carbonyl (C=O) groups is 1. The molecule has 31 heavy (non-hydrogen) atoms. The van der Waals surface area contributed by atoms with E-state index in [4.69, 9.17) is 5.73 Å². The summed E-state index contributed by atoms with van der Waals surface area (Å²) < 4.78 is 14.3. The Morgan fingerprint density at radius 2 is 2.13 bits per heavy atom. The summed E-state index contributed by atoms with van der Waals surface area (Å²) in [4.78, 5) is 21.4. The number of aromatic nitrogens is 4. The molecule has 1 aliphatic carbocycles. The number of anilines is 1. The second-order valence-electron chi connectivity index (χ2n) is 8.01. The summed E-state index contributed by atoms with van der Waals surface area (Å²) >= 11 is 1.50. The lowest BCUT2D eigenvalue weighted by Gasteiger charge is -2.41. The van der Waals surface area contributed by atoms with Gasteiger partial charge in [-0.2, -0.15) is 0 Å². The number of nitrogens with zero attached hydrogens (tertiary/aromatic N) is 4. The third kappa shape index (κ3) is 4.77. The summed E-state index contributed by atoms with van der Waals surface area (Å²) in [5, 5.41) is 12.6. The fourth-order valence-corrected chi connectivity index (χ4v) is 4.57. The highest BCUT2D eigenvalue weighted by atomic mass is 32.1. The molecule has 0 saturated heterocycles. The predicted octanol–water partition coefficient (Wildman–Crippen LogP) is 3.52. The minimum absolute atomic E-state index is 0.0417. The van der Waals surface area contributed by atoms with Crippen molar-refractivity contribution < 1.29 is 9.18 Å². The van der Waals surface area contributed by atoms with Gasteiger partial charge < -0.3 is 11.1 Å². The zero-order valence-corrected chi connectivity index (χ0v) is 18.2. The average molecular weight is 441 g/mol. The molecule has 7 nitrogen and oxygen atoms in total. The van der Waals surface area contributed by atoms with Gasteiger partial charge in [0.05, 0.1) is 11.7 Å². The van der Waals surface area contributed by atoms with Gasteiger partial charge in [-0.05, 0) is 50.5 Å². The first-order chi connectivity index (χ1) is 15.0. The van der Waals surface area contributed by atoms with Crippen molar-refractivity contribution in [2.45, 2.75) is 50.5 Å². The maximum atomic E-state index is 14.3. The second kappa shape index (κ2) is 9.15. The number of hydrogen-bond acceptors (Lipinski definition) is 8. The number of pyridine rings is 1. The van der Waals surface area contributed by atoms with E-state index in [0.29, 0.717) is 36.6 Å². The fraction of sp³-hybridized carbons (Fsp3) is 0.409. The molecule has 0 amide bonds. The zero-order chi connectivity index (χ0) is 21.8. The molecular formula is C22H25FN6OS. The van der Waals surface area contributed by atoms with Gasteiger partial charge in [-0.1, -0.05) is 6.42 Å². The number of hydrogen-bond donors (Lipinski definition) is 2. The van der Waals surface area contributed by atoms with E-state index in [0.717, 1.165) is 29.1 Å². The number of nitrogens with two attached hydrogens (primary N) is 1. The molecule has 0 aromatic carbocycles. The molecule has 3 aromatic rings. The van der Waals surface area contributed by atoms with Gasteiger partial charge in [0.15, 0.2) is 0 Å². The number of Topliss-reactive ketones (excluding diaryl/α,β-unsaturated/α-hetero) is 1. The van der Waals surface area contributed by atoms with Crippen LogP contribution in [0.2, 0.25) is 0 Å². The summed E-state index contributed by atoms with van der Waals surface area (Å²) in [7, 11) is 0. The Morgan fingerprint density at radius 3 is 2.77 bits per heavy atom. The molecule has 1 atom stereocenters. The van der Waals surface area contributed by atoms with Crippen LogP contribution in [0.4, 0.5) is 10.2 Å². The molecule has 9 heteroatoms. The SMILES string of the molecule is C[C@H](N)C(=O)CCc1cnc(-c2ccc(NCC3(c4ncccc4F)CCC3)nn2)s1. The van der Waals surface area contributed by atoms with Gasteiger partial charge in [-0.15, -0.1) is 21.5 Å². The number of nitrogens with one attached hydrogen (secondary N) is 1. The minimum atomic E-state index is -0.438. The first-order valence-electron chi connectivity index (χ1n) is 10.4. The number of halogens is 1. The molecule has 162 valence electrons. The summed E-state index contributed by atoms with van der Waals surface area (Å²) in [6.45, 7) is 2.26. The smallest absolute Gasteiger partial charge is 0.149 e. The van der Waals surface area contributed by atoms with Crippen molar-refractivity contribution in [1.29, 1.82) is 0 Å². The van der Waals surface area contributed by atoms with Crippen molar-refractivity contribution in [3.8, 4) is 10.7 Å². The van der Waals surface area contributed by atoms with Crippen LogP contribution in [-0.4, -0.2) is 38.5 Å². The molecule has 0 aliphatic heterocycles. The summed E-state index contributed by atoms with van der Waals surface area (Å²) in [5.74, 6) is 0.415. The average Bonchev–Trinajstić information content (AvgIpc) is 3.22. The van der Waals surface area contributed by atoms with Crippen LogP contribution in [0.25, 0.3) is 10.7 Å². The van der Waals surface area contributed by atoms with Crippen LogP contribution in [0.1, 0.15) is 43.2 Å². The monoisotopic (exact) mass is 440 g/mol. The van der Waals surface area contributed by atoms with Crippen LogP contribution in [-0.2, 0) is 16.6 Å². The molecule has 0 bridgehead atoms. The maximum Gasteiger partial charge on any atom is 0.149 e. The van der Waals surface area contributed by atoms with Crippen LogP contribution in [0.15, 0.2) is 36.7 Å². The highest BCUT2D eigenvalue weighted by Gasteiger charge is 2.41. The second-order valence-corrected chi connectivity index (χ2v) is 9.13. The number of carbonyl (C=O) groups excluding carboxylic acids is 1. The molecule has 0 radical (unpaired) electrons. The number of ketones is 1. The van der Waals surface area contributed by atoms with E-state index in [-0.39, 0.29) is 17.0 Å². The largest absolute Gasteiger partial charge is 0.368 e. The molecular weight excluding hydrogens is 415 g/mol. The number of thiazole rings is 1. The molecule has 1 aliphatic rings. The highest BCUT2D eigenvalue weighted by molar-refractivity contribution is 7.15. The predicted molar refractivity (Wildman–Crippen MR) is 118 cm³/mol. The Morgan fingerprint density at radius 1 is 1.29 bits per heavy atom. The van der Waals surface area contributed by atoms with E-state index in [1.54, 1.807) is 25.4 Å². The van der Waals surface area contributed by atoms with E-state index in [1.807, 2.05) is 12.1 Å². The van der Waals surface area contributed by atoms with Crippen LogP contribution in [0.5, 0.6) is 0 Å². The Kier molecular flexibility index (Phi) is 6.33. The van der Waals surface area contributed by atoms with Gasteiger partial charge in [-0.25, -0.2) is 9.37 Å². The first kappa shape index (κ1) is 21.5. The minimum Gasteiger partial charge on any atom is -0.368 e. The van der Waals surface area contributed by atoms with E-state index < -0.39 is 6.04 Å². The van der Waals surface area contributed by atoms with E-state index in [1.165, 1.54) is 17.4 Å². The Hall–Kier alpha value is -2.78. The Balaban J connectivity index is 1.38. The normalized spacial score (nSPS) is 15.8. The highest BCUT2D eigenvalue weighted by Crippen LogP contribution is 2.43. The van der Waals surface area contributed by atoms with E-state index >= 15 is 0 Å². The lowest BCUT2D eigenvalue weighted by Crippen LogP contribution is -2.42. The van der Waals surface area contributed by atoms with Gasteiger partial charge >= 0.3 is 0 Å². The summed E-state index contributed by atoms with van der Waals surface area (Å²) in [6.07, 6.45) is 7.29. The third-order valence-electron chi connectivity index (χ3n) is 5.74. The van der Waals surface area contributed by atoms with Gasteiger partial charge in [-0.3, -0.25) is 9.78 Å². The standard InChI is InChI=1S/C22H25FN6OS/c1-14(24)18(30)7-5-15-12-26-21(31-15)17-6-8-19(29-28-17)27-13-22(9-3-10-22)20-16(23)4-2-11-25-20/h2,4,6,8,11-12,14H,3,5,7,9-10,13,24H2,1H3,(H,27,29)/t14-/m0/s1. The van der Waals surface area contributed by atoms with Gasteiger partial charge in [0.2, 0.25) is 0 Å². The maximum absolute atomic E-state index is 14.3. The zero-order valence-electron chi connectivity index (χ0n) is 17.3.